The van der Waals surface area contributed by atoms with Gasteiger partial charge in [-0.1, -0.05) is 30.3 Å². The molecule has 0 fully saturated rings. The molecule has 7 nitrogen and oxygen atoms in total. The van der Waals surface area contributed by atoms with Crippen LogP contribution in [-0.2, 0) is 14.3 Å². The normalized spacial score (nSPS) is 11.5. The van der Waals surface area contributed by atoms with E-state index in [1.54, 1.807) is 42.4 Å². The van der Waals surface area contributed by atoms with Crippen LogP contribution in [0.2, 0.25) is 0 Å². The number of benzene rings is 1. The van der Waals surface area contributed by atoms with Gasteiger partial charge in [0.05, 0.1) is 6.04 Å². The third kappa shape index (κ3) is 5.27. The van der Waals surface area contributed by atoms with Gasteiger partial charge in [-0.3, -0.25) is 9.59 Å². The lowest BCUT2D eigenvalue weighted by molar-refractivity contribution is -0.151. The van der Waals surface area contributed by atoms with Gasteiger partial charge in [0, 0.05) is 26.5 Å². The van der Waals surface area contributed by atoms with Gasteiger partial charge in [0.25, 0.3) is 5.91 Å². The number of likely N-dealkylation sites (N-methyl/N-ethyl adjacent to an activating group) is 2. The standard InChI is InChI=1S/C18H22N4O3/c1-14(15-8-5-4-6-9-15)22(3)16(23)13-25-17(24)12-21(2)18-19-10-7-11-20-18/h4-11,14H,12-13H2,1-3H3/t14-/m1/s1. The summed E-state index contributed by atoms with van der Waals surface area (Å²) in [4.78, 5) is 35.3. The summed E-state index contributed by atoms with van der Waals surface area (Å²) >= 11 is 0. The van der Waals surface area contributed by atoms with Crippen molar-refractivity contribution >= 4 is 17.8 Å². The Morgan fingerprint density at radius 1 is 1.08 bits per heavy atom. The molecule has 0 unspecified atom stereocenters. The van der Waals surface area contributed by atoms with Crippen LogP contribution in [0.1, 0.15) is 18.5 Å². The number of ether oxygens (including phenoxy) is 1. The van der Waals surface area contributed by atoms with E-state index in [2.05, 4.69) is 9.97 Å². The van der Waals surface area contributed by atoms with Gasteiger partial charge in [-0.15, -0.1) is 0 Å². The molecular weight excluding hydrogens is 320 g/mol. The molecule has 7 heteroatoms. The lowest BCUT2D eigenvalue weighted by atomic mass is 10.1. The van der Waals surface area contributed by atoms with Gasteiger partial charge in [-0.05, 0) is 18.6 Å². The van der Waals surface area contributed by atoms with Crippen molar-refractivity contribution in [3.05, 3.63) is 54.4 Å². The van der Waals surface area contributed by atoms with Gasteiger partial charge in [0.2, 0.25) is 5.95 Å². The number of rotatable bonds is 7. The smallest absolute Gasteiger partial charge is 0.326 e. The highest BCUT2D eigenvalue weighted by Gasteiger charge is 2.19. The third-order valence-corrected chi connectivity index (χ3v) is 3.87. The number of hydrogen-bond donors (Lipinski definition) is 0. The minimum atomic E-state index is -0.510. The van der Waals surface area contributed by atoms with Gasteiger partial charge >= 0.3 is 5.97 Å². The van der Waals surface area contributed by atoms with Crippen LogP contribution in [0.5, 0.6) is 0 Å². The first-order chi connectivity index (χ1) is 12.0. The van der Waals surface area contributed by atoms with Crippen LogP contribution in [0.25, 0.3) is 0 Å². The molecule has 1 aromatic carbocycles. The average molecular weight is 342 g/mol. The Morgan fingerprint density at radius 3 is 2.36 bits per heavy atom. The largest absolute Gasteiger partial charge is 0.454 e. The molecule has 0 aliphatic heterocycles. The second kappa shape index (κ2) is 8.77. The Labute approximate surface area is 147 Å². The zero-order valence-electron chi connectivity index (χ0n) is 14.6. The van der Waals surface area contributed by atoms with Crippen molar-refractivity contribution in [1.82, 2.24) is 14.9 Å². The second-order valence-corrected chi connectivity index (χ2v) is 5.66. The summed E-state index contributed by atoms with van der Waals surface area (Å²) < 4.78 is 5.08. The summed E-state index contributed by atoms with van der Waals surface area (Å²) in [6, 6.07) is 11.3. The number of esters is 1. The number of nitrogens with zero attached hydrogens (tertiary/aromatic N) is 4. The Bertz CT molecular complexity index is 694. The summed E-state index contributed by atoms with van der Waals surface area (Å²) in [7, 11) is 3.37. The fourth-order valence-corrected chi connectivity index (χ4v) is 2.21. The number of carbonyl (C=O) groups excluding carboxylic acids is 2. The highest BCUT2D eigenvalue weighted by molar-refractivity contribution is 5.82. The van der Waals surface area contributed by atoms with Crippen LogP contribution < -0.4 is 4.90 Å². The fraction of sp³-hybridized carbons (Fsp3) is 0.333. The predicted molar refractivity (Wildman–Crippen MR) is 93.9 cm³/mol. The van der Waals surface area contributed by atoms with Crippen molar-refractivity contribution in [2.45, 2.75) is 13.0 Å². The first-order valence-electron chi connectivity index (χ1n) is 7.93. The maximum atomic E-state index is 12.2. The lowest BCUT2D eigenvalue weighted by Gasteiger charge is -2.25. The Kier molecular flexibility index (Phi) is 6.45. The fourth-order valence-electron chi connectivity index (χ4n) is 2.21. The molecule has 25 heavy (non-hydrogen) atoms. The van der Waals surface area contributed by atoms with Crippen LogP contribution >= 0.6 is 0 Å². The van der Waals surface area contributed by atoms with Crippen LogP contribution in [0.15, 0.2) is 48.8 Å². The van der Waals surface area contributed by atoms with Crippen LogP contribution in [-0.4, -0.2) is 54.0 Å². The van der Waals surface area contributed by atoms with E-state index in [0.29, 0.717) is 5.95 Å². The zero-order valence-corrected chi connectivity index (χ0v) is 14.6. The molecule has 1 amide bonds. The molecule has 0 spiro atoms. The predicted octanol–water partition coefficient (Wildman–Crippen LogP) is 1.68. The first-order valence-corrected chi connectivity index (χ1v) is 7.93. The number of anilines is 1. The van der Waals surface area contributed by atoms with E-state index < -0.39 is 5.97 Å². The summed E-state index contributed by atoms with van der Waals surface area (Å²) in [5.41, 5.74) is 1.02. The Morgan fingerprint density at radius 2 is 1.72 bits per heavy atom. The molecule has 1 aromatic heterocycles. The van der Waals surface area contributed by atoms with E-state index >= 15 is 0 Å². The molecule has 0 aliphatic rings. The minimum Gasteiger partial charge on any atom is -0.454 e. The highest BCUT2D eigenvalue weighted by atomic mass is 16.5. The van der Waals surface area contributed by atoms with Crippen molar-refractivity contribution in [2.75, 3.05) is 32.1 Å². The Hall–Kier alpha value is -2.96. The first kappa shape index (κ1) is 18.4. The molecule has 0 bridgehead atoms. The molecule has 0 N–H and O–H groups in total. The van der Waals surface area contributed by atoms with E-state index in [9.17, 15) is 9.59 Å². The van der Waals surface area contributed by atoms with Crippen LogP contribution in [0, 0.1) is 0 Å². The molecule has 2 rings (SSSR count). The van der Waals surface area contributed by atoms with E-state index in [4.69, 9.17) is 4.74 Å². The molecule has 0 aliphatic carbocycles. The van der Waals surface area contributed by atoms with E-state index in [1.807, 2.05) is 37.3 Å². The maximum absolute atomic E-state index is 12.2. The second-order valence-electron chi connectivity index (χ2n) is 5.66. The van der Waals surface area contributed by atoms with Crippen LogP contribution in [0.3, 0.4) is 0 Å². The highest BCUT2D eigenvalue weighted by Crippen LogP contribution is 2.18. The van der Waals surface area contributed by atoms with Gasteiger partial charge in [0.1, 0.15) is 6.54 Å². The van der Waals surface area contributed by atoms with Gasteiger partial charge in [0.15, 0.2) is 6.61 Å². The van der Waals surface area contributed by atoms with E-state index in [1.165, 1.54) is 0 Å². The van der Waals surface area contributed by atoms with Gasteiger partial charge < -0.3 is 14.5 Å². The Balaban J connectivity index is 1.81. The summed E-state index contributed by atoms with van der Waals surface area (Å²) in [5, 5.41) is 0. The molecule has 0 radical (unpaired) electrons. The zero-order chi connectivity index (χ0) is 18.2. The molecule has 1 atom stereocenters. The number of hydrogen-bond acceptors (Lipinski definition) is 6. The van der Waals surface area contributed by atoms with Crippen molar-refractivity contribution in [3.63, 3.8) is 0 Å². The number of amides is 1. The maximum Gasteiger partial charge on any atom is 0.326 e. The monoisotopic (exact) mass is 342 g/mol. The molecule has 0 saturated carbocycles. The average Bonchev–Trinajstić information content (AvgIpc) is 2.66. The SMILES string of the molecule is C[C@H](c1ccccc1)N(C)C(=O)COC(=O)CN(C)c1ncccn1. The third-order valence-electron chi connectivity index (χ3n) is 3.87. The van der Waals surface area contributed by atoms with E-state index in [0.717, 1.165) is 5.56 Å². The van der Waals surface area contributed by atoms with E-state index in [-0.39, 0.29) is 25.1 Å². The number of aromatic nitrogens is 2. The summed E-state index contributed by atoms with van der Waals surface area (Å²) in [5.74, 6) is -0.354. The van der Waals surface area contributed by atoms with Crippen molar-refractivity contribution < 1.29 is 14.3 Å². The lowest BCUT2D eigenvalue weighted by Crippen LogP contribution is -2.35. The molecule has 0 saturated heterocycles. The van der Waals surface area contributed by atoms with Crippen molar-refractivity contribution in [3.8, 4) is 0 Å². The van der Waals surface area contributed by atoms with Gasteiger partial charge in [-0.25, -0.2) is 9.97 Å². The van der Waals surface area contributed by atoms with Crippen molar-refractivity contribution in [1.29, 1.82) is 0 Å². The van der Waals surface area contributed by atoms with Gasteiger partial charge in [-0.2, -0.15) is 0 Å². The topological polar surface area (TPSA) is 75.6 Å². The molecule has 132 valence electrons. The minimum absolute atomic E-state index is 0.0325. The van der Waals surface area contributed by atoms with Crippen molar-refractivity contribution in [2.24, 2.45) is 0 Å². The number of carbonyl (C=O) groups is 2. The quantitative estimate of drug-likeness (QED) is 0.713. The molecule has 1 heterocycles. The molecule has 2 aromatic rings. The molecular formula is C18H22N4O3. The summed E-state index contributed by atoms with van der Waals surface area (Å²) in [6.07, 6.45) is 3.18. The summed E-state index contributed by atoms with van der Waals surface area (Å²) in [6.45, 7) is 1.60. The van der Waals surface area contributed by atoms with Crippen LogP contribution in [0.4, 0.5) is 5.95 Å².